The van der Waals surface area contributed by atoms with E-state index in [0.717, 1.165) is 15.9 Å². The molecule has 66 valence electrons. The van der Waals surface area contributed by atoms with Crippen molar-refractivity contribution in [3.8, 4) is 6.07 Å². The third-order valence-electron chi connectivity index (χ3n) is 1.83. The van der Waals surface area contributed by atoms with E-state index >= 15 is 0 Å². The largest absolute Gasteiger partial charge is 0.368 e. The molecule has 0 saturated carbocycles. The average Bonchev–Trinajstić information content (AvgIpc) is 2.16. The number of hydrogen-bond acceptors (Lipinski definition) is 3. The molecule has 1 heterocycles. The first-order valence-electron chi connectivity index (χ1n) is 3.88. The summed E-state index contributed by atoms with van der Waals surface area (Å²) in [5, 5.41) is 11.9. The molecule has 0 radical (unpaired) electrons. The maximum Gasteiger partial charge on any atom is 0.124 e. The number of anilines is 1. The highest BCUT2D eigenvalue weighted by Crippen LogP contribution is 2.34. The quantitative estimate of drug-likeness (QED) is 0.774. The van der Waals surface area contributed by atoms with Crippen LogP contribution in [-0.4, -0.2) is 11.8 Å². The number of thioether (sulfide) groups is 1. The standard InChI is InChI=1S/C9H7BrN2S/c10-6-1-2-9-8(3-6)12-7(4-11)5-13-9/h1-3,7,12H,5H2. The zero-order valence-electron chi connectivity index (χ0n) is 6.75. The highest BCUT2D eigenvalue weighted by molar-refractivity contribution is 9.10. The van der Waals surface area contributed by atoms with Crippen LogP contribution in [-0.2, 0) is 0 Å². The molecule has 0 saturated heterocycles. The molecule has 2 nitrogen and oxygen atoms in total. The Morgan fingerprint density at radius 1 is 1.62 bits per heavy atom. The normalized spacial score (nSPS) is 19.8. The molecule has 13 heavy (non-hydrogen) atoms. The fourth-order valence-corrected chi connectivity index (χ4v) is 2.52. The summed E-state index contributed by atoms with van der Waals surface area (Å²) >= 11 is 5.12. The molecule has 1 aromatic carbocycles. The zero-order valence-corrected chi connectivity index (χ0v) is 9.15. The van der Waals surface area contributed by atoms with Crippen LogP contribution in [0.4, 0.5) is 5.69 Å². The molecular formula is C9H7BrN2S. The first-order valence-corrected chi connectivity index (χ1v) is 5.66. The van der Waals surface area contributed by atoms with Crippen molar-refractivity contribution >= 4 is 33.4 Å². The number of halogens is 1. The summed E-state index contributed by atoms with van der Waals surface area (Å²) in [6.45, 7) is 0. The highest BCUT2D eigenvalue weighted by Gasteiger charge is 2.17. The van der Waals surface area contributed by atoms with E-state index in [4.69, 9.17) is 5.26 Å². The van der Waals surface area contributed by atoms with Gasteiger partial charge in [-0.3, -0.25) is 0 Å². The Morgan fingerprint density at radius 3 is 3.23 bits per heavy atom. The van der Waals surface area contributed by atoms with Gasteiger partial charge in [-0.2, -0.15) is 5.26 Å². The first kappa shape index (κ1) is 8.92. The Hall–Kier alpha value is -0.660. The number of fused-ring (bicyclic) bond motifs is 1. The third kappa shape index (κ3) is 1.82. The number of hydrogen-bond donors (Lipinski definition) is 1. The van der Waals surface area contributed by atoms with Gasteiger partial charge in [0.1, 0.15) is 6.04 Å². The molecule has 4 heteroatoms. The molecule has 1 unspecified atom stereocenters. The smallest absolute Gasteiger partial charge is 0.124 e. The van der Waals surface area contributed by atoms with Gasteiger partial charge in [0.15, 0.2) is 0 Å². The summed E-state index contributed by atoms with van der Waals surface area (Å²) in [6, 6.07) is 8.23. The number of nitrogens with one attached hydrogen (secondary N) is 1. The lowest BCUT2D eigenvalue weighted by molar-refractivity contribution is 0.997. The summed E-state index contributed by atoms with van der Waals surface area (Å²) in [6.07, 6.45) is 0. The summed E-state index contributed by atoms with van der Waals surface area (Å²) in [7, 11) is 0. The first-order chi connectivity index (χ1) is 6.29. The number of benzene rings is 1. The summed E-state index contributed by atoms with van der Waals surface area (Å²) in [5.41, 5.74) is 1.05. The fraction of sp³-hybridized carbons (Fsp3) is 0.222. The molecule has 0 aromatic heterocycles. The lowest BCUT2D eigenvalue weighted by atomic mass is 10.2. The van der Waals surface area contributed by atoms with E-state index in [1.54, 1.807) is 11.8 Å². The molecule has 2 rings (SSSR count). The van der Waals surface area contributed by atoms with Crippen LogP contribution in [0.15, 0.2) is 27.6 Å². The van der Waals surface area contributed by atoms with Gasteiger partial charge in [0.25, 0.3) is 0 Å². The van der Waals surface area contributed by atoms with E-state index < -0.39 is 0 Å². The van der Waals surface area contributed by atoms with E-state index in [2.05, 4.69) is 33.4 Å². The monoisotopic (exact) mass is 254 g/mol. The minimum atomic E-state index is -0.0631. The van der Waals surface area contributed by atoms with Crippen LogP contribution in [0.25, 0.3) is 0 Å². The van der Waals surface area contributed by atoms with Gasteiger partial charge in [-0.1, -0.05) is 15.9 Å². The molecule has 0 aliphatic carbocycles. The van der Waals surface area contributed by atoms with Crippen LogP contribution in [0.1, 0.15) is 0 Å². The van der Waals surface area contributed by atoms with Crippen LogP contribution in [0.2, 0.25) is 0 Å². The van der Waals surface area contributed by atoms with Crippen molar-refractivity contribution in [1.29, 1.82) is 5.26 Å². The predicted octanol–water partition coefficient (Wildman–Crippen LogP) is 2.86. The molecule has 0 bridgehead atoms. The summed E-state index contributed by atoms with van der Waals surface area (Å²) < 4.78 is 1.04. The van der Waals surface area contributed by atoms with Crippen molar-refractivity contribution in [2.75, 3.05) is 11.1 Å². The second kappa shape index (κ2) is 3.60. The minimum Gasteiger partial charge on any atom is -0.368 e. The van der Waals surface area contributed by atoms with Gasteiger partial charge in [0.05, 0.1) is 6.07 Å². The SMILES string of the molecule is N#CC1CSc2ccc(Br)cc2N1. The van der Waals surface area contributed by atoms with Gasteiger partial charge < -0.3 is 5.32 Å². The Bertz CT molecular complexity index is 372. The predicted molar refractivity (Wildman–Crippen MR) is 57.9 cm³/mol. The van der Waals surface area contributed by atoms with Gasteiger partial charge >= 0.3 is 0 Å². The maximum absolute atomic E-state index is 8.75. The molecule has 1 aromatic rings. The van der Waals surface area contributed by atoms with Crippen molar-refractivity contribution in [3.63, 3.8) is 0 Å². The molecular weight excluding hydrogens is 248 g/mol. The lowest BCUT2D eigenvalue weighted by Crippen LogP contribution is -2.23. The van der Waals surface area contributed by atoms with E-state index in [1.807, 2.05) is 12.1 Å². The lowest BCUT2D eigenvalue weighted by Gasteiger charge is -2.21. The molecule has 1 aliphatic rings. The molecule has 0 spiro atoms. The van der Waals surface area contributed by atoms with E-state index in [9.17, 15) is 0 Å². The van der Waals surface area contributed by atoms with Crippen molar-refractivity contribution in [2.45, 2.75) is 10.9 Å². The zero-order chi connectivity index (χ0) is 9.26. The molecule has 1 atom stereocenters. The molecule has 0 amide bonds. The highest BCUT2D eigenvalue weighted by atomic mass is 79.9. The maximum atomic E-state index is 8.75. The van der Waals surface area contributed by atoms with Crippen LogP contribution in [0.3, 0.4) is 0 Å². The third-order valence-corrected chi connectivity index (χ3v) is 3.49. The van der Waals surface area contributed by atoms with Gasteiger partial charge in [-0.15, -0.1) is 11.8 Å². The van der Waals surface area contributed by atoms with Crippen LogP contribution in [0, 0.1) is 11.3 Å². The Morgan fingerprint density at radius 2 is 2.46 bits per heavy atom. The Kier molecular flexibility index (Phi) is 2.47. The van der Waals surface area contributed by atoms with Gasteiger partial charge in [-0.05, 0) is 18.2 Å². The Balaban J connectivity index is 2.34. The van der Waals surface area contributed by atoms with Crippen molar-refractivity contribution in [1.82, 2.24) is 0 Å². The van der Waals surface area contributed by atoms with E-state index in [0.29, 0.717) is 0 Å². The molecule has 0 fully saturated rings. The average molecular weight is 255 g/mol. The number of rotatable bonds is 0. The summed E-state index contributed by atoms with van der Waals surface area (Å²) in [4.78, 5) is 1.22. The van der Waals surface area contributed by atoms with Gasteiger partial charge in [-0.25, -0.2) is 0 Å². The minimum absolute atomic E-state index is 0.0631. The molecule has 1 aliphatic heterocycles. The Labute approximate surface area is 89.5 Å². The van der Waals surface area contributed by atoms with E-state index in [1.165, 1.54) is 4.90 Å². The van der Waals surface area contributed by atoms with Gasteiger partial charge in [0.2, 0.25) is 0 Å². The summed E-state index contributed by atoms with van der Waals surface area (Å²) in [5.74, 6) is 0.825. The number of nitrogens with zero attached hydrogens (tertiary/aromatic N) is 1. The van der Waals surface area contributed by atoms with Crippen LogP contribution < -0.4 is 5.32 Å². The van der Waals surface area contributed by atoms with Crippen LogP contribution >= 0.6 is 27.7 Å². The van der Waals surface area contributed by atoms with Crippen molar-refractivity contribution < 1.29 is 0 Å². The molecule has 1 N–H and O–H groups in total. The second-order valence-electron chi connectivity index (χ2n) is 2.78. The topological polar surface area (TPSA) is 35.8 Å². The number of nitriles is 1. The van der Waals surface area contributed by atoms with Crippen LogP contribution in [0.5, 0.6) is 0 Å². The van der Waals surface area contributed by atoms with Crippen molar-refractivity contribution in [3.05, 3.63) is 22.7 Å². The van der Waals surface area contributed by atoms with E-state index in [-0.39, 0.29) is 6.04 Å². The fourth-order valence-electron chi connectivity index (χ4n) is 1.21. The second-order valence-corrected chi connectivity index (χ2v) is 4.76. The van der Waals surface area contributed by atoms with Gasteiger partial charge in [0, 0.05) is 20.8 Å². The van der Waals surface area contributed by atoms with Crippen molar-refractivity contribution in [2.24, 2.45) is 0 Å².